The highest BCUT2D eigenvalue weighted by Crippen LogP contribution is 2.25. The van der Waals surface area contributed by atoms with E-state index < -0.39 is 5.91 Å². The molecule has 2 amide bonds. The van der Waals surface area contributed by atoms with Gasteiger partial charge in [-0.3, -0.25) is 14.4 Å². The second-order valence-corrected chi connectivity index (χ2v) is 6.57. The van der Waals surface area contributed by atoms with E-state index in [1.165, 1.54) is 16.8 Å². The number of hydrogen-bond donors (Lipinski definition) is 2. The van der Waals surface area contributed by atoms with Gasteiger partial charge in [0.05, 0.1) is 6.54 Å². The normalized spacial score (nSPS) is 12.8. The molecule has 0 aliphatic carbocycles. The topological polar surface area (TPSA) is 93.1 Å². The minimum absolute atomic E-state index is 0.00541. The molecule has 0 unspecified atom stereocenters. The zero-order valence-corrected chi connectivity index (χ0v) is 15.0. The lowest BCUT2D eigenvalue weighted by atomic mass is 10.0. The van der Waals surface area contributed by atoms with Gasteiger partial charge >= 0.3 is 0 Å². The molecule has 4 rings (SSSR count). The summed E-state index contributed by atoms with van der Waals surface area (Å²) >= 11 is 0. The van der Waals surface area contributed by atoms with Gasteiger partial charge in [-0.1, -0.05) is 30.3 Å². The smallest absolute Gasteiger partial charge is 0.276 e. The van der Waals surface area contributed by atoms with Crippen LogP contribution in [-0.4, -0.2) is 21.6 Å². The van der Waals surface area contributed by atoms with Crippen LogP contribution in [0.15, 0.2) is 65.5 Å². The summed E-state index contributed by atoms with van der Waals surface area (Å²) in [7, 11) is 0. The molecule has 2 aromatic carbocycles. The summed E-state index contributed by atoms with van der Waals surface area (Å²) in [5.74, 6) is -0.407. The summed E-state index contributed by atoms with van der Waals surface area (Å²) in [6.45, 7) is 0.291. The van der Waals surface area contributed by atoms with Crippen LogP contribution in [0.1, 0.15) is 28.0 Å². The Labute approximate surface area is 161 Å². The molecule has 0 atom stereocenters. The summed E-state index contributed by atoms with van der Waals surface area (Å²) in [5.41, 5.74) is 3.16. The molecule has 2 heterocycles. The number of amides is 2. The van der Waals surface area contributed by atoms with Crippen molar-refractivity contribution in [2.45, 2.75) is 19.4 Å². The van der Waals surface area contributed by atoms with Crippen molar-refractivity contribution in [2.24, 2.45) is 0 Å². The molecule has 0 saturated heterocycles. The van der Waals surface area contributed by atoms with Crippen LogP contribution >= 0.6 is 0 Å². The molecule has 0 saturated carbocycles. The lowest BCUT2D eigenvalue weighted by Crippen LogP contribution is -2.26. The lowest BCUT2D eigenvalue weighted by Gasteiger charge is -2.17. The van der Waals surface area contributed by atoms with Crippen LogP contribution in [0.4, 0.5) is 11.4 Å². The molecule has 140 valence electrons. The van der Waals surface area contributed by atoms with Crippen LogP contribution in [0.3, 0.4) is 0 Å². The molecule has 7 heteroatoms. The number of benzene rings is 2. The van der Waals surface area contributed by atoms with Crippen LogP contribution in [0.2, 0.25) is 0 Å². The molecule has 0 bridgehead atoms. The highest BCUT2D eigenvalue weighted by Gasteiger charge is 2.16. The van der Waals surface area contributed by atoms with E-state index in [1.807, 2.05) is 36.4 Å². The molecule has 0 radical (unpaired) electrons. The third kappa shape index (κ3) is 3.83. The second-order valence-electron chi connectivity index (χ2n) is 6.57. The Morgan fingerprint density at radius 3 is 2.68 bits per heavy atom. The number of nitrogens with zero attached hydrogens (tertiary/aromatic N) is 2. The number of fused-ring (bicyclic) bond motifs is 1. The molecule has 2 N–H and O–H groups in total. The number of hydrogen-bond acceptors (Lipinski definition) is 4. The van der Waals surface area contributed by atoms with E-state index in [0.717, 1.165) is 16.8 Å². The predicted octanol–water partition coefficient (Wildman–Crippen LogP) is 2.43. The Morgan fingerprint density at radius 2 is 1.86 bits per heavy atom. The molecule has 1 aliphatic heterocycles. The molecule has 0 fully saturated rings. The largest absolute Gasteiger partial charge is 0.326 e. The molecule has 0 spiro atoms. The number of anilines is 2. The molecule has 1 aliphatic rings. The molecule has 3 aromatic rings. The van der Waals surface area contributed by atoms with Crippen molar-refractivity contribution in [3.8, 4) is 0 Å². The first kappa shape index (κ1) is 17.7. The summed E-state index contributed by atoms with van der Waals surface area (Å²) in [4.78, 5) is 36.1. The van der Waals surface area contributed by atoms with Gasteiger partial charge in [0.1, 0.15) is 5.69 Å². The number of nitrogens with one attached hydrogen (secondary N) is 2. The van der Waals surface area contributed by atoms with Crippen molar-refractivity contribution >= 4 is 23.2 Å². The Balaban J connectivity index is 1.53. The minimum atomic E-state index is -0.401. The highest BCUT2D eigenvalue weighted by molar-refractivity contribution is 6.03. The first-order valence-corrected chi connectivity index (χ1v) is 8.95. The number of carbonyl (C=O) groups is 2. The van der Waals surface area contributed by atoms with Gasteiger partial charge < -0.3 is 10.6 Å². The van der Waals surface area contributed by atoms with Crippen LogP contribution < -0.4 is 16.2 Å². The fraction of sp³-hybridized carbons (Fsp3) is 0.143. The highest BCUT2D eigenvalue weighted by atomic mass is 16.2. The lowest BCUT2D eigenvalue weighted by molar-refractivity contribution is -0.116. The van der Waals surface area contributed by atoms with Gasteiger partial charge in [-0.25, -0.2) is 4.68 Å². The van der Waals surface area contributed by atoms with Crippen molar-refractivity contribution in [3.05, 3.63) is 87.8 Å². The Morgan fingerprint density at radius 1 is 1.04 bits per heavy atom. The maximum Gasteiger partial charge on any atom is 0.276 e. The van der Waals surface area contributed by atoms with E-state index in [2.05, 4.69) is 15.7 Å². The predicted molar refractivity (Wildman–Crippen MR) is 105 cm³/mol. The zero-order chi connectivity index (χ0) is 19.5. The van der Waals surface area contributed by atoms with Crippen molar-refractivity contribution in [1.29, 1.82) is 0 Å². The van der Waals surface area contributed by atoms with Crippen molar-refractivity contribution in [3.63, 3.8) is 0 Å². The molecule has 28 heavy (non-hydrogen) atoms. The minimum Gasteiger partial charge on any atom is -0.326 e. The first-order valence-electron chi connectivity index (χ1n) is 8.95. The van der Waals surface area contributed by atoms with E-state index in [4.69, 9.17) is 0 Å². The zero-order valence-electron chi connectivity index (χ0n) is 15.0. The number of aryl methyl sites for hydroxylation is 1. The number of aromatic nitrogens is 2. The van der Waals surface area contributed by atoms with Gasteiger partial charge in [-0.05, 0) is 41.8 Å². The van der Waals surface area contributed by atoms with Crippen molar-refractivity contribution in [1.82, 2.24) is 9.78 Å². The SMILES string of the molecule is O=C1CCc2cc(NC(=O)c3ccc(=O)n(Cc4ccccc4)n3)ccc2N1. The van der Waals surface area contributed by atoms with Gasteiger partial charge in [0.2, 0.25) is 5.91 Å². The molecule has 1 aromatic heterocycles. The Kier molecular flexibility index (Phi) is 4.72. The fourth-order valence-corrected chi connectivity index (χ4v) is 3.10. The van der Waals surface area contributed by atoms with Crippen molar-refractivity contribution in [2.75, 3.05) is 10.6 Å². The Bertz CT molecular complexity index is 1110. The third-order valence-electron chi connectivity index (χ3n) is 4.53. The van der Waals surface area contributed by atoms with Gasteiger partial charge in [0.15, 0.2) is 0 Å². The first-order chi connectivity index (χ1) is 13.6. The van der Waals surface area contributed by atoms with E-state index >= 15 is 0 Å². The van der Waals surface area contributed by atoms with Gasteiger partial charge in [0, 0.05) is 23.9 Å². The van der Waals surface area contributed by atoms with Crippen LogP contribution in [0.5, 0.6) is 0 Å². The standard InChI is InChI=1S/C21H18N4O3/c26-19-10-6-15-12-16(7-8-17(15)23-19)22-21(28)18-9-11-20(27)25(24-18)13-14-4-2-1-3-5-14/h1-5,7-9,11-12H,6,10,13H2,(H,22,28)(H,23,26). The van der Waals surface area contributed by atoms with Crippen LogP contribution in [0, 0.1) is 0 Å². The Hall–Kier alpha value is -3.74. The molecular formula is C21H18N4O3. The molecular weight excluding hydrogens is 356 g/mol. The average Bonchev–Trinajstić information content (AvgIpc) is 2.70. The van der Waals surface area contributed by atoms with E-state index in [9.17, 15) is 14.4 Å². The molecule has 7 nitrogen and oxygen atoms in total. The number of carbonyl (C=O) groups excluding carboxylic acids is 2. The maximum absolute atomic E-state index is 12.6. The van der Waals surface area contributed by atoms with Gasteiger partial charge in [0.25, 0.3) is 11.5 Å². The quantitative estimate of drug-likeness (QED) is 0.733. The maximum atomic E-state index is 12.6. The summed E-state index contributed by atoms with van der Waals surface area (Å²) < 4.78 is 1.27. The summed E-state index contributed by atoms with van der Waals surface area (Å²) in [6, 6.07) is 17.5. The third-order valence-corrected chi connectivity index (χ3v) is 4.53. The summed E-state index contributed by atoms with van der Waals surface area (Å²) in [6.07, 6.45) is 1.06. The average molecular weight is 374 g/mol. The number of rotatable bonds is 4. The van der Waals surface area contributed by atoms with E-state index in [0.29, 0.717) is 25.1 Å². The fourth-order valence-electron chi connectivity index (χ4n) is 3.10. The van der Waals surface area contributed by atoms with E-state index in [1.54, 1.807) is 12.1 Å². The summed E-state index contributed by atoms with van der Waals surface area (Å²) in [5, 5.41) is 9.80. The monoisotopic (exact) mass is 374 g/mol. The van der Waals surface area contributed by atoms with Crippen LogP contribution in [-0.2, 0) is 17.8 Å². The second kappa shape index (κ2) is 7.48. The van der Waals surface area contributed by atoms with Gasteiger partial charge in [-0.2, -0.15) is 5.10 Å². The van der Waals surface area contributed by atoms with Crippen molar-refractivity contribution < 1.29 is 9.59 Å². The van der Waals surface area contributed by atoms with Gasteiger partial charge in [-0.15, -0.1) is 0 Å². The van der Waals surface area contributed by atoms with E-state index in [-0.39, 0.29) is 17.2 Å². The van der Waals surface area contributed by atoms with Crippen LogP contribution in [0.25, 0.3) is 0 Å².